The van der Waals surface area contributed by atoms with Gasteiger partial charge in [-0.05, 0) is 37.7 Å². The van der Waals surface area contributed by atoms with Gasteiger partial charge in [0.25, 0.3) is 11.1 Å². The largest absolute Gasteiger partial charge is 0.393 e. The Morgan fingerprint density at radius 3 is 1.78 bits per heavy atom. The van der Waals surface area contributed by atoms with Crippen molar-refractivity contribution in [1.82, 2.24) is 39.0 Å². The van der Waals surface area contributed by atoms with Gasteiger partial charge in [0.1, 0.15) is 41.2 Å². The summed E-state index contributed by atoms with van der Waals surface area (Å²) in [6, 6.07) is 10.0. The van der Waals surface area contributed by atoms with Crippen LogP contribution in [0.3, 0.4) is 0 Å². The van der Waals surface area contributed by atoms with E-state index in [0.29, 0.717) is 25.1 Å². The molecule has 6 fully saturated rings. The molecule has 8 heterocycles. The third-order valence-corrected chi connectivity index (χ3v) is 13.4. The lowest BCUT2D eigenvalue weighted by Gasteiger charge is -2.38. The summed E-state index contributed by atoms with van der Waals surface area (Å²) in [5.74, 6) is -1.01. The van der Waals surface area contributed by atoms with Gasteiger partial charge in [0, 0.05) is 11.8 Å². The van der Waals surface area contributed by atoms with Crippen LogP contribution in [0.1, 0.15) is 84.7 Å². The Balaban J connectivity index is 0.000000153. The van der Waals surface area contributed by atoms with Crippen LogP contribution in [0.25, 0.3) is 22.3 Å². The molecule has 2 saturated carbocycles. The third kappa shape index (κ3) is 6.30. The number of H-pyrrole nitrogens is 2. The van der Waals surface area contributed by atoms with E-state index in [9.17, 15) is 29.4 Å². The van der Waals surface area contributed by atoms with E-state index in [2.05, 4.69) is 47.5 Å². The van der Waals surface area contributed by atoms with Crippen molar-refractivity contribution in [3.8, 4) is 0 Å². The quantitative estimate of drug-likeness (QED) is 0.111. The number of nitrogens with one attached hydrogen (secondary N) is 4. The average Bonchev–Trinajstić information content (AvgIpc) is 3.92. The van der Waals surface area contributed by atoms with Crippen molar-refractivity contribution in [2.75, 3.05) is 17.2 Å². The number of aromatic amines is 2. The first-order valence-electron chi connectivity index (χ1n) is 21.4. The van der Waals surface area contributed by atoms with E-state index in [-0.39, 0.29) is 76.6 Å². The summed E-state index contributed by atoms with van der Waals surface area (Å²) < 4.78 is 35.2. The van der Waals surface area contributed by atoms with Crippen LogP contribution in [0.4, 0.5) is 11.9 Å². The lowest BCUT2D eigenvalue weighted by Crippen LogP contribution is -2.52. The number of fused-ring (bicyclic) bond motifs is 8. The maximum absolute atomic E-state index is 12.7. The molecule has 8 atom stereocenters. The second-order valence-electron chi connectivity index (χ2n) is 17.9. The molecule has 6 N–H and O–H groups in total. The molecule has 4 aromatic heterocycles. The molecule has 2 spiro atoms. The normalized spacial score (nSPS) is 30.2. The van der Waals surface area contributed by atoms with Gasteiger partial charge in [0.05, 0.1) is 25.9 Å². The summed E-state index contributed by atoms with van der Waals surface area (Å²) in [6.07, 6.45) is 3.20. The fourth-order valence-electron chi connectivity index (χ4n) is 9.72. The Morgan fingerprint density at radius 2 is 1.29 bits per heavy atom. The zero-order valence-corrected chi connectivity index (χ0v) is 35.4. The SMILES string of the molecule is CC(C)C(=O)Nc1nc2c(ncn2[C@@H]2O[C@]3(CO)[C@H](O)C2OC32CC2)c(=O)[nH]1.CC[C@]12O[C@@H](n3cnc4c(=O)[nH]c(NC(=O)C(C)C)nc43)C(OC13CC3)[C@H]2OCc1ccccc1. The second-order valence-corrected chi connectivity index (χ2v) is 17.9. The van der Waals surface area contributed by atoms with E-state index in [1.54, 1.807) is 38.6 Å². The standard InChI is InChI=1S/C25H29N5O5.C17H21N5O6/c1-4-25-18(33-12-15-8-6-5-7-9-15)17(34-24(25)10-11-24)22(35-25)30-13-26-16-19(30)27-23(29-21(16)32)28-20(31)14(2)3;1-7(2)12(25)20-15-19-11-8(13(26)21-15)18-6-22(11)14-9-10(24)17(5-23,28-14)16(27-9)3-4-16/h5-9,13-14,17-18,22H,4,10-12H2,1-3H3,(H2,27,28,29,31,32);6-7,9-10,14,23-24H,3-5H2,1-2H3,(H2,19,20,21,25,26)/t17?,18-,22-,25-;9?,10-,14-,17-/m11/s1. The van der Waals surface area contributed by atoms with Crippen molar-refractivity contribution >= 4 is 46.0 Å². The third-order valence-electron chi connectivity index (χ3n) is 13.4. The molecule has 2 aliphatic carbocycles. The second kappa shape index (κ2) is 14.8. The summed E-state index contributed by atoms with van der Waals surface area (Å²) >= 11 is 0. The van der Waals surface area contributed by atoms with Gasteiger partial charge in [0.15, 0.2) is 40.4 Å². The summed E-state index contributed by atoms with van der Waals surface area (Å²) in [6.45, 7) is 9.15. The number of carbonyl (C=O) groups is 2. The Hall–Kier alpha value is -5.42. The minimum absolute atomic E-state index is 0.00175. The average molecular weight is 871 g/mol. The number of imidazole rings is 2. The van der Waals surface area contributed by atoms with E-state index in [1.165, 1.54) is 10.9 Å². The Bertz CT molecular complexity index is 2720. The van der Waals surface area contributed by atoms with Gasteiger partial charge >= 0.3 is 0 Å². The highest BCUT2D eigenvalue weighted by atomic mass is 16.7. The van der Waals surface area contributed by atoms with Crippen LogP contribution in [0, 0.1) is 11.8 Å². The van der Waals surface area contributed by atoms with Gasteiger partial charge in [-0.3, -0.25) is 48.9 Å². The topological polar surface area (TPSA) is 272 Å². The molecule has 4 saturated heterocycles. The number of hydrogen-bond donors (Lipinski definition) is 6. The van der Waals surface area contributed by atoms with Gasteiger partial charge in [-0.1, -0.05) is 65.0 Å². The van der Waals surface area contributed by atoms with Crippen LogP contribution in [0.5, 0.6) is 0 Å². The number of carbonyl (C=O) groups excluding carboxylic acids is 2. The minimum Gasteiger partial charge on any atom is -0.393 e. The van der Waals surface area contributed by atoms with E-state index >= 15 is 0 Å². The number of benzene rings is 1. The zero-order valence-electron chi connectivity index (χ0n) is 35.4. The fourth-order valence-corrected chi connectivity index (χ4v) is 9.72. The molecule has 2 unspecified atom stereocenters. The van der Waals surface area contributed by atoms with Gasteiger partial charge in [0.2, 0.25) is 23.7 Å². The van der Waals surface area contributed by atoms with Crippen molar-refractivity contribution in [2.45, 2.75) is 133 Å². The maximum atomic E-state index is 12.7. The first-order chi connectivity index (χ1) is 30.2. The highest BCUT2D eigenvalue weighted by Crippen LogP contribution is 2.67. The molecule has 334 valence electrons. The van der Waals surface area contributed by atoms with Crippen molar-refractivity contribution in [3.05, 3.63) is 69.3 Å². The van der Waals surface area contributed by atoms with Gasteiger partial charge < -0.3 is 33.9 Å². The van der Waals surface area contributed by atoms with Crippen LogP contribution in [0.2, 0.25) is 0 Å². The lowest BCUT2D eigenvalue weighted by molar-refractivity contribution is -0.233. The molecule has 63 heavy (non-hydrogen) atoms. The van der Waals surface area contributed by atoms with Gasteiger partial charge in [-0.25, -0.2) is 9.97 Å². The number of aliphatic hydroxyl groups excluding tert-OH is 2. The first kappa shape index (κ1) is 41.6. The van der Waals surface area contributed by atoms with Crippen molar-refractivity contribution in [1.29, 1.82) is 0 Å². The predicted molar refractivity (Wildman–Crippen MR) is 221 cm³/mol. The summed E-state index contributed by atoms with van der Waals surface area (Å²) in [4.78, 5) is 71.4. The summed E-state index contributed by atoms with van der Waals surface area (Å²) in [7, 11) is 0. The number of anilines is 2. The Labute approximate surface area is 358 Å². The van der Waals surface area contributed by atoms with E-state index < -0.39 is 52.6 Å². The summed E-state index contributed by atoms with van der Waals surface area (Å²) in [5, 5.41) is 25.9. The van der Waals surface area contributed by atoms with Crippen molar-refractivity contribution in [3.63, 3.8) is 0 Å². The molecular weight excluding hydrogens is 821 g/mol. The molecule has 21 nitrogen and oxygen atoms in total. The van der Waals surface area contributed by atoms with Crippen LogP contribution in [-0.4, -0.2) is 114 Å². The van der Waals surface area contributed by atoms with E-state index in [1.807, 2.05) is 30.3 Å². The highest BCUT2D eigenvalue weighted by molar-refractivity contribution is 5.91. The maximum Gasteiger partial charge on any atom is 0.280 e. The number of nitrogens with zero attached hydrogens (tertiary/aromatic N) is 6. The number of aliphatic hydroxyl groups is 2. The predicted octanol–water partition coefficient (Wildman–Crippen LogP) is 2.17. The lowest BCUT2D eigenvalue weighted by atomic mass is 9.87. The molecule has 2 amide bonds. The molecule has 5 aromatic rings. The number of rotatable bonds is 11. The number of amides is 2. The Morgan fingerprint density at radius 1 is 0.794 bits per heavy atom. The molecule has 6 aliphatic rings. The smallest absolute Gasteiger partial charge is 0.280 e. The van der Waals surface area contributed by atoms with Crippen molar-refractivity contribution in [2.24, 2.45) is 11.8 Å². The minimum atomic E-state index is -1.20. The number of hydrogen-bond acceptors (Lipinski definition) is 15. The monoisotopic (exact) mass is 870 g/mol. The number of ether oxygens (including phenoxy) is 5. The first-order valence-corrected chi connectivity index (χ1v) is 21.4. The molecule has 11 rings (SSSR count). The van der Waals surface area contributed by atoms with Crippen LogP contribution in [-0.2, 0) is 39.9 Å². The molecule has 0 radical (unpaired) electrons. The zero-order chi connectivity index (χ0) is 44.2. The highest BCUT2D eigenvalue weighted by Gasteiger charge is 2.79. The van der Waals surface area contributed by atoms with Crippen molar-refractivity contribution < 1.29 is 43.5 Å². The molecule has 4 aliphatic heterocycles. The van der Waals surface area contributed by atoms with Gasteiger partial charge in [-0.2, -0.15) is 9.97 Å². The molecule has 1 aromatic carbocycles. The molecule has 4 bridgehead atoms. The molecule has 21 heteroatoms. The van der Waals surface area contributed by atoms with Gasteiger partial charge in [-0.15, -0.1) is 0 Å². The fraction of sp³-hybridized carbons (Fsp3) is 0.571. The Kier molecular flexibility index (Phi) is 9.79. The van der Waals surface area contributed by atoms with E-state index in [4.69, 9.17) is 23.7 Å². The molecular formula is C42H50N10O11. The van der Waals surface area contributed by atoms with E-state index in [0.717, 1.165) is 24.8 Å². The van der Waals surface area contributed by atoms with Crippen LogP contribution in [0.15, 0.2) is 52.6 Å². The number of aromatic nitrogens is 8. The van der Waals surface area contributed by atoms with Crippen LogP contribution >= 0.6 is 0 Å². The summed E-state index contributed by atoms with van der Waals surface area (Å²) in [5.41, 5.74) is -1.88. The van der Waals surface area contributed by atoms with Crippen LogP contribution < -0.4 is 21.8 Å².